The predicted octanol–water partition coefficient (Wildman–Crippen LogP) is 5.60. The summed E-state index contributed by atoms with van der Waals surface area (Å²) in [5.41, 5.74) is 1.74. The quantitative estimate of drug-likeness (QED) is 0.276. The first-order chi connectivity index (χ1) is 18.1. The fourth-order valence-corrected chi connectivity index (χ4v) is 3.85. The minimum Gasteiger partial charge on any atom is -0.462 e. The summed E-state index contributed by atoms with van der Waals surface area (Å²) < 4.78 is 27.4. The Morgan fingerprint density at radius 2 is 1.70 bits per heavy atom. The second kappa shape index (κ2) is 10.4. The van der Waals surface area contributed by atoms with E-state index < -0.39 is 11.8 Å². The van der Waals surface area contributed by atoms with Crippen LogP contribution in [0, 0.1) is 5.82 Å². The summed E-state index contributed by atoms with van der Waals surface area (Å²) in [6, 6.07) is 16.9. The van der Waals surface area contributed by atoms with Gasteiger partial charge in [-0.2, -0.15) is 9.50 Å². The molecule has 0 radical (unpaired) electrons. The second-order valence-corrected chi connectivity index (χ2v) is 7.92. The molecule has 2 aromatic carbocycles. The highest BCUT2D eigenvalue weighted by Crippen LogP contribution is 2.30. The molecule has 0 unspecified atom stereocenters. The number of hydrogen-bond donors (Lipinski definition) is 1. The van der Waals surface area contributed by atoms with Crippen LogP contribution in [0.3, 0.4) is 0 Å². The Bertz CT molecular complexity index is 1550. The molecule has 3 heterocycles. The molecule has 9 nitrogen and oxygen atoms in total. The summed E-state index contributed by atoms with van der Waals surface area (Å²) in [4.78, 5) is 26.0. The smallest absolute Gasteiger partial charge is 0.342 e. The van der Waals surface area contributed by atoms with Crippen LogP contribution in [0.15, 0.2) is 73.1 Å². The van der Waals surface area contributed by atoms with Gasteiger partial charge in [0.1, 0.15) is 22.9 Å². The largest absolute Gasteiger partial charge is 0.462 e. The fourth-order valence-electron chi connectivity index (χ4n) is 3.85. The molecule has 0 saturated heterocycles. The lowest BCUT2D eigenvalue weighted by Crippen LogP contribution is -2.15. The van der Waals surface area contributed by atoms with Gasteiger partial charge in [0.25, 0.3) is 5.78 Å². The first-order valence-electron chi connectivity index (χ1n) is 11.7. The Kier molecular flexibility index (Phi) is 6.71. The zero-order valence-corrected chi connectivity index (χ0v) is 20.2. The highest BCUT2D eigenvalue weighted by atomic mass is 19.1. The molecule has 0 spiro atoms. The van der Waals surface area contributed by atoms with E-state index in [1.54, 1.807) is 61.8 Å². The second-order valence-electron chi connectivity index (χ2n) is 7.92. The zero-order valence-electron chi connectivity index (χ0n) is 20.2. The van der Waals surface area contributed by atoms with Crippen LogP contribution in [-0.2, 0) is 11.2 Å². The Hall–Kier alpha value is -4.86. The van der Waals surface area contributed by atoms with Crippen LogP contribution in [-0.4, -0.2) is 37.1 Å². The number of fused-ring (bicyclic) bond motifs is 1. The van der Waals surface area contributed by atoms with Gasteiger partial charge < -0.3 is 14.8 Å². The van der Waals surface area contributed by atoms with Gasteiger partial charge in [-0.1, -0.05) is 19.1 Å². The summed E-state index contributed by atoms with van der Waals surface area (Å²) >= 11 is 0. The molecule has 0 aliphatic heterocycles. The Morgan fingerprint density at radius 3 is 2.41 bits per heavy atom. The Labute approximate surface area is 211 Å². The lowest BCUT2D eigenvalue weighted by atomic mass is 10.0. The van der Waals surface area contributed by atoms with Crippen LogP contribution >= 0.6 is 0 Å². The summed E-state index contributed by atoms with van der Waals surface area (Å²) in [7, 11) is 0. The van der Waals surface area contributed by atoms with Crippen LogP contribution in [0.4, 0.5) is 16.0 Å². The van der Waals surface area contributed by atoms with Crippen LogP contribution in [0.5, 0.6) is 11.5 Å². The molecule has 0 amide bonds. The molecular weight excluding hydrogens is 475 g/mol. The molecule has 0 fully saturated rings. The number of carbonyl (C=O) groups is 1. The third-order valence-electron chi connectivity index (χ3n) is 5.50. The van der Waals surface area contributed by atoms with E-state index in [0.29, 0.717) is 29.3 Å². The molecule has 0 atom stereocenters. The standard InChI is InChI=1S/C27H23FN6O3/c1-3-22-23(25(35)36-4-2)24(20-7-5-6-8-21(20)28)34-27(31-22)32-26(33-34)30-17-9-11-18(12-10-17)37-19-13-15-29-16-14-19/h5-16H,3-4H2,1-2H3,(H,30,33). The lowest BCUT2D eigenvalue weighted by molar-refractivity contribution is 0.0525. The number of aromatic nitrogens is 5. The van der Waals surface area contributed by atoms with Crippen LogP contribution in [0.25, 0.3) is 17.0 Å². The van der Waals surface area contributed by atoms with Gasteiger partial charge in [-0.15, -0.1) is 5.10 Å². The van der Waals surface area contributed by atoms with Gasteiger partial charge in [0.05, 0.1) is 18.0 Å². The van der Waals surface area contributed by atoms with Crippen molar-refractivity contribution in [2.45, 2.75) is 20.3 Å². The third kappa shape index (κ3) is 4.94. The highest BCUT2D eigenvalue weighted by molar-refractivity contribution is 5.98. The van der Waals surface area contributed by atoms with Crippen molar-refractivity contribution in [3.8, 4) is 22.8 Å². The molecule has 5 rings (SSSR count). The number of nitrogens with one attached hydrogen (secondary N) is 1. The molecule has 0 aliphatic carbocycles. The lowest BCUT2D eigenvalue weighted by Gasteiger charge is -2.14. The maximum atomic E-state index is 15.0. The number of rotatable bonds is 8. The molecule has 5 aromatic rings. The summed E-state index contributed by atoms with van der Waals surface area (Å²) in [5.74, 6) is 0.682. The zero-order chi connectivity index (χ0) is 25.8. The van der Waals surface area contributed by atoms with E-state index in [9.17, 15) is 9.18 Å². The van der Waals surface area contributed by atoms with Crippen molar-refractivity contribution in [1.82, 2.24) is 24.6 Å². The van der Waals surface area contributed by atoms with Crippen LogP contribution < -0.4 is 10.1 Å². The number of pyridine rings is 1. The number of halogens is 1. The number of ether oxygens (including phenoxy) is 2. The molecule has 3 aromatic heterocycles. The van der Waals surface area contributed by atoms with Crippen LogP contribution in [0.1, 0.15) is 29.9 Å². The van der Waals surface area contributed by atoms with Crippen molar-refractivity contribution in [2.24, 2.45) is 0 Å². The van der Waals surface area contributed by atoms with Crippen molar-refractivity contribution in [2.75, 3.05) is 11.9 Å². The van der Waals surface area contributed by atoms with E-state index in [0.717, 1.165) is 0 Å². The van der Waals surface area contributed by atoms with Gasteiger partial charge in [-0.3, -0.25) is 4.98 Å². The maximum absolute atomic E-state index is 15.0. The van der Waals surface area contributed by atoms with E-state index in [-0.39, 0.29) is 35.2 Å². The number of aryl methyl sites for hydroxylation is 1. The van der Waals surface area contributed by atoms with Crippen molar-refractivity contribution >= 4 is 23.4 Å². The summed E-state index contributed by atoms with van der Waals surface area (Å²) in [5, 5.41) is 7.64. The average Bonchev–Trinajstić information content (AvgIpc) is 3.32. The van der Waals surface area contributed by atoms with Crippen molar-refractivity contribution in [3.63, 3.8) is 0 Å². The number of nitrogens with zero attached hydrogens (tertiary/aromatic N) is 5. The number of benzene rings is 2. The average molecular weight is 499 g/mol. The molecule has 0 bridgehead atoms. The first-order valence-corrected chi connectivity index (χ1v) is 11.7. The normalized spacial score (nSPS) is 10.9. The highest BCUT2D eigenvalue weighted by Gasteiger charge is 2.26. The van der Waals surface area contributed by atoms with E-state index in [4.69, 9.17) is 9.47 Å². The molecule has 0 aliphatic rings. The van der Waals surface area contributed by atoms with E-state index >= 15 is 0 Å². The van der Waals surface area contributed by atoms with Gasteiger partial charge in [0.2, 0.25) is 5.95 Å². The van der Waals surface area contributed by atoms with Gasteiger partial charge >= 0.3 is 5.97 Å². The molecule has 37 heavy (non-hydrogen) atoms. The van der Waals surface area contributed by atoms with Crippen molar-refractivity contribution in [3.05, 3.63) is 90.1 Å². The SMILES string of the molecule is CCOC(=O)c1c(CC)nc2nc(Nc3ccc(Oc4ccncc4)cc3)nn2c1-c1ccccc1F. The number of carbonyl (C=O) groups excluding carboxylic acids is 1. The molecule has 10 heteroatoms. The van der Waals surface area contributed by atoms with E-state index in [2.05, 4.69) is 25.4 Å². The van der Waals surface area contributed by atoms with E-state index in [1.165, 1.54) is 10.6 Å². The predicted molar refractivity (Wildman–Crippen MR) is 136 cm³/mol. The number of hydrogen-bond acceptors (Lipinski definition) is 8. The summed E-state index contributed by atoms with van der Waals surface area (Å²) in [6.07, 6.45) is 3.73. The first kappa shape index (κ1) is 23.9. The van der Waals surface area contributed by atoms with Gasteiger partial charge in [0, 0.05) is 23.6 Å². The number of esters is 1. The topological polar surface area (TPSA) is 104 Å². The van der Waals surface area contributed by atoms with Gasteiger partial charge in [-0.25, -0.2) is 14.2 Å². The van der Waals surface area contributed by atoms with Crippen molar-refractivity contribution < 1.29 is 18.7 Å². The molecule has 1 N–H and O–H groups in total. The fraction of sp³-hybridized carbons (Fsp3) is 0.148. The monoisotopic (exact) mass is 498 g/mol. The van der Waals surface area contributed by atoms with Crippen molar-refractivity contribution in [1.29, 1.82) is 0 Å². The maximum Gasteiger partial charge on any atom is 0.342 e. The number of anilines is 2. The van der Waals surface area contributed by atoms with Crippen LogP contribution in [0.2, 0.25) is 0 Å². The van der Waals surface area contributed by atoms with E-state index in [1.807, 2.05) is 19.1 Å². The molecule has 0 saturated carbocycles. The Morgan fingerprint density at radius 1 is 0.973 bits per heavy atom. The molecule has 186 valence electrons. The minimum absolute atomic E-state index is 0.163. The summed E-state index contributed by atoms with van der Waals surface area (Å²) in [6.45, 7) is 3.74. The molecular formula is C27H23FN6O3. The minimum atomic E-state index is -0.596. The third-order valence-corrected chi connectivity index (χ3v) is 5.50. The van der Waals surface area contributed by atoms with Gasteiger partial charge in [0.15, 0.2) is 0 Å². The Balaban J connectivity index is 1.54. The van der Waals surface area contributed by atoms with Gasteiger partial charge in [-0.05, 0) is 61.9 Å².